The second-order valence-electron chi connectivity index (χ2n) is 4.39. The van der Waals surface area contributed by atoms with Crippen molar-refractivity contribution in [3.8, 4) is 0 Å². The van der Waals surface area contributed by atoms with Crippen LogP contribution in [0.3, 0.4) is 0 Å². The molecule has 1 aliphatic heterocycles. The fourth-order valence-electron chi connectivity index (χ4n) is 1.88. The standard InChI is InChI=1S/C12H21NO4S/c14-11(13-5-8-18-9-12(15)16)2-1-10-3-6-17-7-4-10/h10H,1-9H2,(H,13,14)(H,15,16). The van der Waals surface area contributed by atoms with Crippen molar-refractivity contribution >= 4 is 23.6 Å². The monoisotopic (exact) mass is 275 g/mol. The van der Waals surface area contributed by atoms with Crippen LogP contribution in [0.4, 0.5) is 0 Å². The van der Waals surface area contributed by atoms with Gasteiger partial charge in [0.05, 0.1) is 5.75 Å². The van der Waals surface area contributed by atoms with E-state index in [1.165, 1.54) is 11.8 Å². The number of carboxylic acid groups (broad SMARTS) is 1. The molecule has 5 nitrogen and oxygen atoms in total. The van der Waals surface area contributed by atoms with Crippen LogP contribution in [0.25, 0.3) is 0 Å². The maximum absolute atomic E-state index is 11.5. The van der Waals surface area contributed by atoms with Crippen LogP contribution in [-0.4, -0.2) is 48.2 Å². The van der Waals surface area contributed by atoms with E-state index in [1.807, 2.05) is 0 Å². The Labute approximate surface area is 112 Å². The lowest BCUT2D eigenvalue weighted by Gasteiger charge is -2.21. The van der Waals surface area contributed by atoms with Gasteiger partial charge in [-0.05, 0) is 25.2 Å². The molecule has 1 saturated heterocycles. The van der Waals surface area contributed by atoms with Crippen LogP contribution < -0.4 is 5.32 Å². The Balaban J connectivity index is 1.94. The zero-order valence-corrected chi connectivity index (χ0v) is 11.3. The predicted octanol–water partition coefficient (Wildman–Crippen LogP) is 1.13. The molecule has 0 aromatic rings. The minimum absolute atomic E-state index is 0.0671. The van der Waals surface area contributed by atoms with Crippen LogP contribution in [0.5, 0.6) is 0 Å². The van der Waals surface area contributed by atoms with Gasteiger partial charge in [0.15, 0.2) is 0 Å². The van der Waals surface area contributed by atoms with E-state index in [1.54, 1.807) is 0 Å². The van der Waals surface area contributed by atoms with Crippen LogP contribution in [0, 0.1) is 5.92 Å². The van der Waals surface area contributed by atoms with E-state index in [-0.39, 0.29) is 11.7 Å². The van der Waals surface area contributed by atoms with Crippen molar-refractivity contribution < 1.29 is 19.4 Å². The summed E-state index contributed by atoms with van der Waals surface area (Å²) in [6.45, 7) is 2.18. The summed E-state index contributed by atoms with van der Waals surface area (Å²) in [6.07, 6.45) is 3.61. The smallest absolute Gasteiger partial charge is 0.313 e. The molecule has 1 amide bonds. The molecule has 1 fully saturated rings. The molecule has 0 aliphatic carbocycles. The molecule has 18 heavy (non-hydrogen) atoms. The number of carboxylic acids is 1. The lowest BCUT2D eigenvalue weighted by Crippen LogP contribution is -2.27. The van der Waals surface area contributed by atoms with Crippen LogP contribution in [0.2, 0.25) is 0 Å². The van der Waals surface area contributed by atoms with Gasteiger partial charge in [-0.1, -0.05) is 0 Å². The average molecular weight is 275 g/mol. The third kappa shape index (κ3) is 7.55. The number of amides is 1. The summed E-state index contributed by atoms with van der Waals surface area (Å²) in [5, 5.41) is 11.2. The average Bonchev–Trinajstić information content (AvgIpc) is 2.37. The van der Waals surface area contributed by atoms with Crippen LogP contribution in [-0.2, 0) is 14.3 Å². The first kappa shape index (κ1) is 15.3. The highest BCUT2D eigenvalue weighted by atomic mass is 32.2. The van der Waals surface area contributed by atoms with Crippen molar-refractivity contribution in [2.45, 2.75) is 25.7 Å². The molecule has 1 rings (SSSR count). The van der Waals surface area contributed by atoms with Gasteiger partial charge in [-0.15, -0.1) is 11.8 Å². The summed E-state index contributed by atoms with van der Waals surface area (Å²) in [7, 11) is 0. The number of nitrogens with one attached hydrogen (secondary N) is 1. The Morgan fingerprint density at radius 1 is 1.33 bits per heavy atom. The Morgan fingerprint density at radius 3 is 2.72 bits per heavy atom. The normalized spacial score (nSPS) is 16.4. The van der Waals surface area contributed by atoms with Gasteiger partial charge in [0.25, 0.3) is 0 Å². The number of carbonyl (C=O) groups is 2. The molecule has 2 N–H and O–H groups in total. The minimum Gasteiger partial charge on any atom is -0.481 e. The van der Waals surface area contributed by atoms with Crippen LogP contribution >= 0.6 is 11.8 Å². The van der Waals surface area contributed by atoms with Gasteiger partial charge >= 0.3 is 5.97 Å². The molecule has 0 bridgehead atoms. The number of carbonyl (C=O) groups excluding carboxylic acids is 1. The van der Waals surface area contributed by atoms with E-state index < -0.39 is 5.97 Å². The number of aliphatic carboxylic acids is 1. The molecule has 0 aromatic heterocycles. The highest BCUT2D eigenvalue weighted by Gasteiger charge is 2.14. The fourth-order valence-corrected chi connectivity index (χ4v) is 2.45. The SMILES string of the molecule is O=C(O)CSCCNC(=O)CCC1CCOCC1. The third-order valence-electron chi connectivity index (χ3n) is 2.91. The van der Waals surface area contributed by atoms with Crippen molar-refractivity contribution in [1.29, 1.82) is 0 Å². The Kier molecular flexibility index (Phi) is 7.84. The van der Waals surface area contributed by atoms with E-state index in [2.05, 4.69) is 5.32 Å². The van der Waals surface area contributed by atoms with Gasteiger partial charge in [-0.25, -0.2) is 0 Å². The van der Waals surface area contributed by atoms with Gasteiger partial charge in [-0.3, -0.25) is 9.59 Å². The molecule has 104 valence electrons. The van der Waals surface area contributed by atoms with E-state index >= 15 is 0 Å². The summed E-state index contributed by atoms with van der Waals surface area (Å²) in [6, 6.07) is 0. The highest BCUT2D eigenvalue weighted by molar-refractivity contribution is 7.99. The third-order valence-corrected chi connectivity index (χ3v) is 3.86. The van der Waals surface area contributed by atoms with E-state index in [4.69, 9.17) is 9.84 Å². The first-order valence-corrected chi connectivity index (χ1v) is 7.48. The van der Waals surface area contributed by atoms with Crippen molar-refractivity contribution in [1.82, 2.24) is 5.32 Å². The molecule has 0 unspecified atom stereocenters. The molecule has 0 spiro atoms. The molecule has 0 atom stereocenters. The zero-order valence-electron chi connectivity index (χ0n) is 10.5. The van der Waals surface area contributed by atoms with Gasteiger partial charge in [0.2, 0.25) is 5.91 Å². The lowest BCUT2D eigenvalue weighted by molar-refractivity contribution is -0.133. The number of thioether (sulfide) groups is 1. The Bertz CT molecular complexity index is 267. The topological polar surface area (TPSA) is 75.6 Å². The maximum atomic E-state index is 11.5. The Morgan fingerprint density at radius 2 is 2.06 bits per heavy atom. The van der Waals surface area contributed by atoms with E-state index in [9.17, 15) is 9.59 Å². The van der Waals surface area contributed by atoms with Gasteiger partial charge in [0, 0.05) is 31.9 Å². The Hall–Kier alpha value is -0.750. The molecule has 6 heteroatoms. The first-order valence-electron chi connectivity index (χ1n) is 6.32. The van der Waals surface area contributed by atoms with Gasteiger partial charge < -0.3 is 15.2 Å². The highest BCUT2D eigenvalue weighted by Crippen LogP contribution is 2.19. The second-order valence-corrected chi connectivity index (χ2v) is 5.50. The van der Waals surface area contributed by atoms with E-state index in [0.29, 0.717) is 24.6 Å². The first-order chi connectivity index (χ1) is 8.68. The number of rotatable bonds is 8. The fraction of sp³-hybridized carbons (Fsp3) is 0.833. The molecular weight excluding hydrogens is 254 g/mol. The number of ether oxygens (including phenoxy) is 1. The van der Waals surface area contributed by atoms with Crippen molar-refractivity contribution in [2.24, 2.45) is 5.92 Å². The molecule has 1 heterocycles. The van der Waals surface area contributed by atoms with Crippen molar-refractivity contribution in [2.75, 3.05) is 31.3 Å². The van der Waals surface area contributed by atoms with Crippen LogP contribution in [0.1, 0.15) is 25.7 Å². The molecule has 0 aromatic carbocycles. The van der Waals surface area contributed by atoms with Gasteiger partial charge in [-0.2, -0.15) is 0 Å². The summed E-state index contributed by atoms with van der Waals surface area (Å²) in [4.78, 5) is 21.8. The maximum Gasteiger partial charge on any atom is 0.313 e. The summed E-state index contributed by atoms with van der Waals surface area (Å²) in [5.41, 5.74) is 0. The quantitative estimate of drug-likeness (QED) is 0.649. The van der Waals surface area contributed by atoms with Crippen LogP contribution in [0.15, 0.2) is 0 Å². The van der Waals surface area contributed by atoms with Crippen molar-refractivity contribution in [3.05, 3.63) is 0 Å². The van der Waals surface area contributed by atoms with Crippen molar-refractivity contribution in [3.63, 3.8) is 0 Å². The molecule has 0 saturated carbocycles. The lowest BCUT2D eigenvalue weighted by atomic mass is 9.95. The number of hydrogen-bond donors (Lipinski definition) is 2. The summed E-state index contributed by atoms with van der Waals surface area (Å²) < 4.78 is 5.27. The molecule has 1 aliphatic rings. The summed E-state index contributed by atoms with van der Waals surface area (Å²) >= 11 is 1.32. The van der Waals surface area contributed by atoms with E-state index in [0.717, 1.165) is 32.5 Å². The largest absolute Gasteiger partial charge is 0.481 e. The predicted molar refractivity (Wildman–Crippen MR) is 70.7 cm³/mol. The second kappa shape index (κ2) is 9.22. The molecule has 0 radical (unpaired) electrons. The number of hydrogen-bond acceptors (Lipinski definition) is 4. The van der Waals surface area contributed by atoms with Gasteiger partial charge in [0.1, 0.15) is 0 Å². The zero-order chi connectivity index (χ0) is 13.2. The summed E-state index contributed by atoms with van der Waals surface area (Å²) in [5.74, 6) is 0.613. The molecular formula is C12H21NO4S. The minimum atomic E-state index is -0.814.